The molecule has 0 saturated carbocycles. The average Bonchev–Trinajstić information content (AvgIpc) is 2.56. The van der Waals surface area contributed by atoms with Crippen LogP contribution in [0.2, 0.25) is 10.0 Å². The number of allylic oxidation sites excluding steroid dienone is 1. The Morgan fingerprint density at radius 3 is 2.25 bits per heavy atom. The fourth-order valence-corrected chi connectivity index (χ4v) is 3.52. The molecule has 2 N–H and O–H groups in total. The number of carbonyl (C=O) groups is 2. The lowest BCUT2D eigenvalue weighted by Gasteiger charge is -2.30. The standard InChI is InChI=1S/C20H26Cl2N2O4/c1-6-7-15-16(19(25)28-11(4)5)17(24-20(26)23-15)12-8-13(21)18(14(22)9-12)27-10(2)3/h8-11,17H,6-7H2,1-5H3,(H2,23,24,26). The number of nitrogens with one attached hydrogen (secondary N) is 2. The van der Waals surface area contributed by atoms with E-state index in [1.54, 1.807) is 26.0 Å². The van der Waals surface area contributed by atoms with E-state index >= 15 is 0 Å². The summed E-state index contributed by atoms with van der Waals surface area (Å²) < 4.78 is 11.1. The van der Waals surface area contributed by atoms with Crippen molar-refractivity contribution in [1.29, 1.82) is 0 Å². The monoisotopic (exact) mass is 428 g/mol. The summed E-state index contributed by atoms with van der Waals surface area (Å²) in [5.74, 6) is -0.128. The van der Waals surface area contributed by atoms with Crippen molar-refractivity contribution in [2.75, 3.05) is 0 Å². The zero-order chi connectivity index (χ0) is 21.0. The molecule has 2 rings (SSSR count). The molecule has 0 fully saturated rings. The highest BCUT2D eigenvalue weighted by Gasteiger charge is 2.34. The minimum Gasteiger partial charge on any atom is -0.488 e. The predicted molar refractivity (Wildman–Crippen MR) is 110 cm³/mol. The van der Waals surface area contributed by atoms with Gasteiger partial charge < -0.3 is 20.1 Å². The highest BCUT2D eigenvalue weighted by Crippen LogP contribution is 2.39. The molecule has 1 aromatic rings. The summed E-state index contributed by atoms with van der Waals surface area (Å²) in [6.45, 7) is 9.25. The second-order valence-corrected chi connectivity index (χ2v) is 7.92. The summed E-state index contributed by atoms with van der Waals surface area (Å²) in [6.07, 6.45) is 0.883. The van der Waals surface area contributed by atoms with Gasteiger partial charge in [0.1, 0.15) is 0 Å². The van der Waals surface area contributed by atoms with Crippen LogP contribution in [0.3, 0.4) is 0 Å². The molecule has 1 aliphatic rings. The van der Waals surface area contributed by atoms with Gasteiger partial charge in [0.2, 0.25) is 0 Å². The lowest BCUT2D eigenvalue weighted by Crippen LogP contribution is -2.46. The Labute approximate surface area is 175 Å². The molecule has 0 bridgehead atoms. The highest BCUT2D eigenvalue weighted by molar-refractivity contribution is 6.37. The van der Waals surface area contributed by atoms with E-state index in [1.807, 2.05) is 20.8 Å². The lowest BCUT2D eigenvalue weighted by atomic mass is 9.93. The number of esters is 1. The first-order chi connectivity index (χ1) is 13.1. The van der Waals surface area contributed by atoms with Crippen LogP contribution in [0.4, 0.5) is 4.79 Å². The Morgan fingerprint density at radius 1 is 1.14 bits per heavy atom. The largest absolute Gasteiger partial charge is 0.488 e. The molecular formula is C20H26Cl2N2O4. The van der Waals surface area contributed by atoms with Crippen LogP contribution in [0.5, 0.6) is 5.75 Å². The van der Waals surface area contributed by atoms with Gasteiger partial charge in [-0.25, -0.2) is 9.59 Å². The molecule has 1 unspecified atom stereocenters. The topological polar surface area (TPSA) is 76.7 Å². The van der Waals surface area contributed by atoms with Gasteiger partial charge in [-0.2, -0.15) is 0 Å². The van der Waals surface area contributed by atoms with E-state index in [-0.39, 0.29) is 12.2 Å². The summed E-state index contributed by atoms with van der Waals surface area (Å²) in [5, 5.41) is 6.11. The van der Waals surface area contributed by atoms with E-state index in [0.717, 1.165) is 6.42 Å². The van der Waals surface area contributed by atoms with E-state index in [4.69, 9.17) is 32.7 Å². The number of halogens is 2. The molecule has 0 radical (unpaired) electrons. The first-order valence-corrected chi connectivity index (χ1v) is 10.1. The normalized spacial score (nSPS) is 16.9. The van der Waals surface area contributed by atoms with Crippen molar-refractivity contribution >= 4 is 35.2 Å². The molecule has 0 aromatic heterocycles. The van der Waals surface area contributed by atoms with Crippen molar-refractivity contribution in [2.24, 2.45) is 0 Å². The Morgan fingerprint density at radius 2 is 1.75 bits per heavy atom. The van der Waals surface area contributed by atoms with Crippen LogP contribution in [-0.2, 0) is 9.53 Å². The first-order valence-electron chi connectivity index (χ1n) is 9.31. The molecule has 1 heterocycles. The minimum absolute atomic E-state index is 0.105. The molecular weight excluding hydrogens is 403 g/mol. The molecule has 1 atom stereocenters. The van der Waals surface area contributed by atoms with Gasteiger partial charge in [0.05, 0.1) is 33.9 Å². The third-order valence-electron chi connectivity index (χ3n) is 3.92. The van der Waals surface area contributed by atoms with Crippen LogP contribution in [0, 0.1) is 0 Å². The smallest absolute Gasteiger partial charge is 0.338 e. The third-order valence-corrected chi connectivity index (χ3v) is 4.49. The molecule has 154 valence electrons. The summed E-state index contributed by atoms with van der Waals surface area (Å²) in [6, 6.07) is 2.16. The molecule has 1 aliphatic heterocycles. The molecule has 8 heteroatoms. The predicted octanol–water partition coefficient (Wildman–Crippen LogP) is 5.14. The Kier molecular flexibility index (Phi) is 7.61. The molecule has 28 heavy (non-hydrogen) atoms. The van der Waals surface area contributed by atoms with Crippen molar-refractivity contribution in [1.82, 2.24) is 10.6 Å². The number of hydrogen-bond donors (Lipinski definition) is 2. The zero-order valence-corrected chi connectivity index (χ0v) is 18.2. The zero-order valence-electron chi connectivity index (χ0n) is 16.7. The minimum atomic E-state index is -0.732. The Bertz CT molecular complexity index is 767. The van der Waals surface area contributed by atoms with Gasteiger partial charge in [-0.1, -0.05) is 36.5 Å². The molecule has 6 nitrogen and oxygen atoms in total. The molecule has 1 aromatic carbocycles. The molecule has 0 aliphatic carbocycles. The van der Waals surface area contributed by atoms with Gasteiger partial charge in [-0.15, -0.1) is 0 Å². The van der Waals surface area contributed by atoms with Gasteiger partial charge in [0, 0.05) is 5.70 Å². The molecule has 0 saturated heterocycles. The summed E-state index contributed by atoms with van der Waals surface area (Å²) in [7, 11) is 0. The molecule has 2 amide bonds. The van der Waals surface area contributed by atoms with Crippen LogP contribution >= 0.6 is 23.2 Å². The molecule has 0 spiro atoms. The third kappa shape index (κ3) is 5.32. The maximum absolute atomic E-state index is 12.8. The number of benzene rings is 1. The Hall–Kier alpha value is -1.92. The van der Waals surface area contributed by atoms with Crippen molar-refractivity contribution in [3.63, 3.8) is 0 Å². The maximum atomic E-state index is 12.8. The second-order valence-electron chi connectivity index (χ2n) is 7.11. The van der Waals surface area contributed by atoms with Crippen molar-refractivity contribution in [3.05, 3.63) is 39.0 Å². The summed E-state index contributed by atoms with van der Waals surface area (Å²) in [4.78, 5) is 25.0. The number of urea groups is 1. The Balaban J connectivity index is 2.55. The van der Waals surface area contributed by atoms with E-state index in [1.165, 1.54) is 0 Å². The average molecular weight is 429 g/mol. The number of hydrogen-bond acceptors (Lipinski definition) is 4. The van der Waals surface area contributed by atoms with Gasteiger partial charge in [0.15, 0.2) is 5.75 Å². The van der Waals surface area contributed by atoms with E-state index in [9.17, 15) is 9.59 Å². The van der Waals surface area contributed by atoms with E-state index in [2.05, 4.69) is 10.6 Å². The lowest BCUT2D eigenvalue weighted by molar-refractivity contribution is -0.143. The van der Waals surface area contributed by atoms with Crippen LogP contribution in [-0.4, -0.2) is 24.2 Å². The maximum Gasteiger partial charge on any atom is 0.338 e. The number of rotatable bonds is 7. The summed E-state index contributed by atoms with van der Waals surface area (Å²) >= 11 is 12.7. The second kappa shape index (κ2) is 9.52. The number of amides is 2. The fourth-order valence-electron chi connectivity index (χ4n) is 2.93. The van der Waals surface area contributed by atoms with Crippen LogP contribution < -0.4 is 15.4 Å². The van der Waals surface area contributed by atoms with Gasteiger partial charge in [-0.3, -0.25) is 0 Å². The summed E-state index contributed by atoms with van der Waals surface area (Å²) in [5.41, 5.74) is 1.46. The van der Waals surface area contributed by atoms with E-state index in [0.29, 0.717) is 39.0 Å². The first kappa shape index (κ1) is 22.4. The van der Waals surface area contributed by atoms with Crippen molar-refractivity contribution in [2.45, 2.75) is 65.7 Å². The van der Waals surface area contributed by atoms with Crippen molar-refractivity contribution < 1.29 is 19.1 Å². The van der Waals surface area contributed by atoms with E-state index < -0.39 is 18.0 Å². The van der Waals surface area contributed by atoms with Crippen LogP contribution in [0.1, 0.15) is 59.1 Å². The fraction of sp³-hybridized carbons (Fsp3) is 0.500. The highest BCUT2D eigenvalue weighted by atomic mass is 35.5. The number of ether oxygens (including phenoxy) is 2. The van der Waals surface area contributed by atoms with Crippen LogP contribution in [0.25, 0.3) is 0 Å². The van der Waals surface area contributed by atoms with Crippen LogP contribution in [0.15, 0.2) is 23.4 Å². The SMILES string of the molecule is CCCC1=C(C(=O)OC(C)C)C(c2cc(Cl)c(OC(C)C)c(Cl)c2)NC(=O)N1. The quantitative estimate of drug-likeness (QED) is 0.589. The van der Waals surface area contributed by atoms with Gasteiger partial charge in [-0.05, 0) is 51.8 Å². The van der Waals surface area contributed by atoms with Gasteiger partial charge in [0.25, 0.3) is 0 Å². The van der Waals surface area contributed by atoms with Gasteiger partial charge >= 0.3 is 12.0 Å². The van der Waals surface area contributed by atoms with Crippen molar-refractivity contribution in [3.8, 4) is 5.75 Å². The number of carbonyl (C=O) groups excluding carboxylic acids is 2.